The molecule has 0 radical (unpaired) electrons. The molecule has 0 spiro atoms. The molecule has 0 aromatic heterocycles. The summed E-state index contributed by atoms with van der Waals surface area (Å²) in [6, 6.07) is 0. The van der Waals surface area contributed by atoms with Crippen LogP contribution < -0.4 is 5.73 Å². The van der Waals surface area contributed by atoms with E-state index >= 15 is 0 Å². The van der Waals surface area contributed by atoms with E-state index in [1.165, 1.54) is 25.7 Å². The van der Waals surface area contributed by atoms with Crippen molar-refractivity contribution in [3.05, 3.63) is 0 Å². The van der Waals surface area contributed by atoms with E-state index in [4.69, 9.17) is 5.73 Å². The zero-order chi connectivity index (χ0) is 8.33. The molecule has 1 atom stereocenters. The van der Waals surface area contributed by atoms with E-state index in [2.05, 4.69) is 20.8 Å². The van der Waals surface area contributed by atoms with Gasteiger partial charge in [-0.15, -0.1) is 0 Å². The monoisotopic (exact) mass is 153 g/mol. The van der Waals surface area contributed by atoms with Crippen molar-refractivity contribution in [2.24, 2.45) is 16.6 Å². The Kier molecular flexibility index (Phi) is 1.15. The molecule has 0 aromatic carbocycles. The van der Waals surface area contributed by atoms with Gasteiger partial charge >= 0.3 is 0 Å². The topological polar surface area (TPSA) is 26.0 Å². The molecule has 1 heteroatoms. The summed E-state index contributed by atoms with van der Waals surface area (Å²) >= 11 is 0. The summed E-state index contributed by atoms with van der Waals surface area (Å²) in [7, 11) is 0. The molecule has 0 aliphatic heterocycles. The van der Waals surface area contributed by atoms with Crippen LogP contribution in [0.25, 0.3) is 0 Å². The Balaban J connectivity index is 1.98. The Morgan fingerprint density at radius 2 is 1.64 bits per heavy atom. The zero-order valence-electron chi connectivity index (χ0n) is 7.91. The fourth-order valence-electron chi connectivity index (χ4n) is 2.35. The first-order chi connectivity index (χ1) is 4.87. The molecule has 2 aliphatic carbocycles. The van der Waals surface area contributed by atoms with Gasteiger partial charge in [-0.1, -0.05) is 20.8 Å². The van der Waals surface area contributed by atoms with Crippen molar-refractivity contribution in [2.45, 2.75) is 52.0 Å². The van der Waals surface area contributed by atoms with E-state index in [0.29, 0.717) is 10.8 Å². The summed E-state index contributed by atoms with van der Waals surface area (Å²) in [5.74, 6) is 0. The number of rotatable bonds is 2. The minimum Gasteiger partial charge on any atom is -0.325 e. The van der Waals surface area contributed by atoms with Gasteiger partial charge in [0.2, 0.25) is 0 Å². The molecule has 2 fully saturated rings. The van der Waals surface area contributed by atoms with E-state index in [9.17, 15) is 0 Å². The summed E-state index contributed by atoms with van der Waals surface area (Å²) in [6.45, 7) is 7.11. The number of nitrogens with two attached hydrogens (primary N) is 1. The first-order valence-corrected chi connectivity index (χ1v) is 4.66. The van der Waals surface area contributed by atoms with Crippen LogP contribution in [0.4, 0.5) is 0 Å². The van der Waals surface area contributed by atoms with Gasteiger partial charge in [0.15, 0.2) is 0 Å². The molecule has 2 N–H and O–H groups in total. The third-order valence-electron chi connectivity index (χ3n) is 3.98. The third-order valence-corrected chi connectivity index (χ3v) is 3.98. The van der Waals surface area contributed by atoms with Gasteiger partial charge in [0, 0.05) is 5.54 Å². The van der Waals surface area contributed by atoms with Gasteiger partial charge in [-0.05, 0) is 36.5 Å². The van der Waals surface area contributed by atoms with Gasteiger partial charge in [0.25, 0.3) is 0 Å². The van der Waals surface area contributed by atoms with Crippen LogP contribution in [-0.2, 0) is 0 Å². The smallest absolute Gasteiger partial charge is 0.0161 e. The highest BCUT2D eigenvalue weighted by Crippen LogP contribution is 2.68. The van der Waals surface area contributed by atoms with Crippen LogP contribution in [0, 0.1) is 10.8 Å². The molecule has 0 heterocycles. The fraction of sp³-hybridized carbons (Fsp3) is 1.00. The first kappa shape index (κ1) is 7.60. The molecular formula is C10H19N. The van der Waals surface area contributed by atoms with E-state index < -0.39 is 0 Å². The van der Waals surface area contributed by atoms with Crippen LogP contribution >= 0.6 is 0 Å². The van der Waals surface area contributed by atoms with Crippen LogP contribution in [0.5, 0.6) is 0 Å². The first-order valence-electron chi connectivity index (χ1n) is 4.66. The van der Waals surface area contributed by atoms with Crippen molar-refractivity contribution in [1.29, 1.82) is 0 Å². The fourth-order valence-corrected chi connectivity index (χ4v) is 2.35. The highest BCUT2D eigenvalue weighted by Gasteiger charge is 2.61. The van der Waals surface area contributed by atoms with Crippen molar-refractivity contribution in [3.63, 3.8) is 0 Å². The van der Waals surface area contributed by atoms with Crippen LogP contribution in [-0.4, -0.2) is 5.54 Å². The van der Waals surface area contributed by atoms with Crippen molar-refractivity contribution in [2.75, 3.05) is 0 Å². The molecule has 0 bridgehead atoms. The second kappa shape index (κ2) is 1.66. The maximum absolute atomic E-state index is 6.09. The SMILES string of the molecule is CC1(C)CC1(C)CC1(N)CC1. The lowest BCUT2D eigenvalue weighted by atomic mass is 9.90. The summed E-state index contributed by atoms with van der Waals surface area (Å²) < 4.78 is 0. The second-order valence-electron chi connectivity index (χ2n) is 5.66. The molecule has 2 saturated carbocycles. The molecule has 2 rings (SSSR count). The molecule has 11 heavy (non-hydrogen) atoms. The maximum Gasteiger partial charge on any atom is 0.0161 e. The van der Waals surface area contributed by atoms with Crippen molar-refractivity contribution >= 4 is 0 Å². The molecule has 0 amide bonds. The van der Waals surface area contributed by atoms with Crippen LogP contribution in [0.3, 0.4) is 0 Å². The lowest BCUT2D eigenvalue weighted by molar-refractivity contribution is 0.348. The normalized spacial score (nSPS) is 43.6. The predicted octanol–water partition coefficient (Wildman–Crippen LogP) is 2.30. The molecule has 0 saturated heterocycles. The Bertz CT molecular complexity index is 191. The van der Waals surface area contributed by atoms with Crippen LogP contribution in [0.2, 0.25) is 0 Å². The second-order valence-corrected chi connectivity index (χ2v) is 5.66. The van der Waals surface area contributed by atoms with Crippen LogP contribution in [0.15, 0.2) is 0 Å². The molecular weight excluding hydrogens is 134 g/mol. The van der Waals surface area contributed by atoms with Gasteiger partial charge in [-0.3, -0.25) is 0 Å². The Labute approximate surface area is 69.4 Å². The van der Waals surface area contributed by atoms with Crippen molar-refractivity contribution in [3.8, 4) is 0 Å². The lowest BCUT2D eigenvalue weighted by Crippen LogP contribution is -2.26. The molecule has 2 aliphatic rings. The highest BCUT2D eigenvalue weighted by molar-refractivity contribution is 5.14. The van der Waals surface area contributed by atoms with Gasteiger partial charge in [0.1, 0.15) is 0 Å². The Hall–Kier alpha value is -0.0400. The zero-order valence-corrected chi connectivity index (χ0v) is 7.91. The van der Waals surface area contributed by atoms with Crippen molar-refractivity contribution in [1.82, 2.24) is 0 Å². The van der Waals surface area contributed by atoms with Crippen molar-refractivity contribution < 1.29 is 0 Å². The number of hydrogen-bond acceptors (Lipinski definition) is 1. The summed E-state index contributed by atoms with van der Waals surface area (Å²) in [4.78, 5) is 0. The predicted molar refractivity (Wildman–Crippen MR) is 47.3 cm³/mol. The van der Waals surface area contributed by atoms with Gasteiger partial charge in [0.05, 0.1) is 0 Å². The highest BCUT2D eigenvalue weighted by atomic mass is 14.8. The number of hydrogen-bond donors (Lipinski definition) is 1. The van der Waals surface area contributed by atoms with Crippen LogP contribution in [0.1, 0.15) is 46.5 Å². The van der Waals surface area contributed by atoms with E-state index in [1.807, 2.05) is 0 Å². The average Bonchev–Trinajstić information content (AvgIpc) is 2.54. The summed E-state index contributed by atoms with van der Waals surface area (Å²) in [6.07, 6.45) is 5.16. The van der Waals surface area contributed by atoms with E-state index in [0.717, 1.165) is 0 Å². The maximum atomic E-state index is 6.09. The standard InChI is InChI=1S/C10H19N/c1-8(2)6-9(8,3)7-10(11)4-5-10/h4-7,11H2,1-3H3. The molecule has 0 aromatic rings. The van der Waals surface area contributed by atoms with Gasteiger partial charge < -0.3 is 5.73 Å². The Morgan fingerprint density at radius 3 is 1.91 bits per heavy atom. The van der Waals surface area contributed by atoms with Gasteiger partial charge in [-0.2, -0.15) is 0 Å². The minimum absolute atomic E-state index is 0.252. The minimum atomic E-state index is 0.252. The van der Waals surface area contributed by atoms with E-state index in [1.54, 1.807) is 0 Å². The largest absolute Gasteiger partial charge is 0.325 e. The lowest BCUT2D eigenvalue weighted by Gasteiger charge is -2.18. The molecule has 64 valence electrons. The Morgan fingerprint density at radius 1 is 1.18 bits per heavy atom. The summed E-state index contributed by atoms with van der Waals surface area (Å²) in [5, 5.41) is 0. The average molecular weight is 153 g/mol. The summed E-state index contributed by atoms with van der Waals surface area (Å²) in [5.41, 5.74) is 7.49. The molecule has 1 nitrogen and oxygen atoms in total. The van der Waals surface area contributed by atoms with Gasteiger partial charge in [-0.25, -0.2) is 0 Å². The third kappa shape index (κ3) is 1.10. The quantitative estimate of drug-likeness (QED) is 0.647. The van der Waals surface area contributed by atoms with E-state index in [-0.39, 0.29) is 5.54 Å². The molecule has 1 unspecified atom stereocenters.